The minimum atomic E-state index is 0.546. The van der Waals surface area contributed by atoms with Crippen molar-refractivity contribution in [2.24, 2.45) is 0 Å². The van der Waals surface area contributed by atoms with Crippen LogP contribution in [0.1, 0.15) is 6.42 Å². The Kier molecular flexibility index (Phi) is 3.04. The number of hydrogen-bond donors (Lipinski definition) is 0. The first-order valence-electron chi connectivity index (χ1n) is 6.40. The van der Waals surface area contributed by atoms with Gasteiger partial charge in [-0.25, -0.2) is 0 Å². The third-order valence-electron chi connectivity index (χ3n) is 3.34. The highest BCUT2D eigenvalue weighted by atomic mass is 14.9. The van der Waals surface area contributed by atoms with Crippen molar-refractivity contribution in [3.63, 3.8) is 0 Å². The van der Waals surface area contributed by atoms with Crippen LogP contribution in [-0.4, -0.2) is 4.57 Å². The van der Waals surface area contributed by atoms with E-state index in [-0.39, 0.29) is 0 Å². The summed E-state index contributed by atoms with van der Waals surface area (Å²) in [6.07, 6.45) is 2.60. The summed E-state index contributed by atoms with van der Waals surface area (Å²) < 4.78 is 2.13. The van der Waals surface area contributed by atoms with Crippen LogP contribution >= 0.6 is 0 Å². The number of fused-ring (bicyclic) bond motifs is 1. The zero-order chi connectivity index (χ0) is 13.1. The molecule has 0 spiro atoms. The van der Waals surface area contributed by atoms with Crippen LogP contribution in [-0.2, 0) is 6.54 Å². The molecule has 2 heteroatoms. The maximum absolute atomic E-state index is 8.67. The summed E-state index contributed by atoms with van der Waals surface area (Å²) in [5.74, 6) is 0. The number of benzene rings is 2. The van der Waals surface area contributed by atoms with E-state index in [2.05, 4.69) is 65.4 Å². The van der Waals surface area contributed by atoms with Gasteiger partial charge < -0.3 is 4.57 Å². The molecule has 0 radical (unpaired) electrons. The number of aromatic nitrogens is 1. The van der Waals surface area contributed by atoms with Crippen molar-refractivity contribution >= 4 is 10.9 Å². The van der Waals surface area contributed by atoms with Crippen molar-refractivity contribution in [3.8, 4) is 17.2 Å². The van der Waals surface area contributed by atoms with E-state index in [1.54, 1.807) is 0 Å². The summed E-state index contributed by atoms with van der Waals surface area (Å²) >= 11 is 0. The van der Waals surface area contributed by atoms with E-state index in [0.717, 1.165) is 6.54 Å². The third kappa shape index (κ3) is 2.23. The van der Waals surface area contributed by atoms with Crippen molar-refractivity contribution < 1.29 is 0 Å². The standard InChI is InChI=1S/C17H14N2/c18-10-4-11-19-12-9-16-13-15(7-8-17(16)19)14-5-2-1-3-6-14/h1-3,5-9,12-13H,4,11H2. The van der Waals surface area contributed by atoms with E-state index < -0.39 is 0 Å². The molecule has 0 atom stereocenters. The van der Waals surface area contributed by atoms with Crippen LogP contribution in [0.5, 0.6) is 0 Å². The van der Waals surface area contributed by atoms with Gasteiger partial charge in [0.1, 0.15) is 0 Å². The average Bonchev–Trinajstić information content (AvgIpc) is 2.88. The van der Waals surface area contributed by atoms with E-state index in [1.165, 1.54) is 22.0 Å². The van der Waals surface area contributed by atoms with Gasteiger partial charge in [0.2, 0.25) is 0 Å². The van der Waals surface area contributed by atoms with Crippen molar-refractivity contribution in [1.29, 1.82) is 5.26 Å². The van der Waals surface area contributed by atoms with Crippen LogP contribution in [0.2, 0.25) is 0 Å². The first-order chi connectivity index (χ1) is 9.38. The molecular formula is C17H14N2. The molecule has 0 saturated heterocycles. The van der Waals surface area contributed by atoms with Gasteiger partial charge in [-0.1, -0.05) is 36.4 Å². The molecule has 0 fully saturated rings. The molecule has 2 aromatic carbocycles. The number of nitriles is 1. The quantitative estimate of drug-likeness (QED) is 0.680. The third-order valence-corrected chi connectivity index (χ3v) is 3.34. The molecule has 3 aromatic rings. The van der Waals surface area contributed by atoms with Crippen molar-refractivity contribution in [2.45, 2.75) is 13.0 Å². The fraction of sp³-hybridized carbons (Fsp3) is 0.118. The van der Waals surface area contributed by atoms with Gasteiger partial charge in [0.15, 0.2) is 0 Å². The highest BCUT2D eigenvalue weighted by molar-refractivity contribution is 5.85. The first-order valence-corrected chi connectivity index (χ1v) is 6.40. The lowest BCUT2D eigenvalue weighted by molar-refractivity contribution is 0.744. The molecule has 19 heavy (non-hydrogen) atoms. The summed E-state index contributed by atoms with van der Waals surface area (Å²) in [4.78, 5) is 0. The monoisotopic (exact) mass is 246 g/mol. The SMILES string of the molecule is N#CCCn1ccc2cc(-c3ccccc3)ccc21. The molecule has 0 aliphatic heterocycles. The highest BCUT2D eigenvalue weighted by Crippen LogP contribution is 2.25. The number of nitrogens with zero attached hydrogens (tertiary/aromatic N) is 2. The minimum Gasteiger partial charge on any atom is -0.346 e. The predicted molar refractivity (Wildman–Crippen MR) is 77.6 cm³/mol. The summed E-state index contributed by atoms with van der Waals surface area (Å²) in [6, 6.07) is 21.1. The minimum absolute atomic E-state index is 0.546. The summed E-state index contributed by atoms with van der Waals surface area (Å²) in [6.45, 7) is 0.755. The Bertz CT molecular complexity index is 733. The Morgan fingerprint density at radius 1 is 0.947 bits per heavy atom. The van der Waals surface area contributed by atoms with Gasteiger partial charge in [0.25, 0.3) is 0 Å². The van der Waals surface area contributed by atoms with Crippen LogP contribution < -0.4 is 0 Å². The smallest absolute Gasteiger partial charge is 0.0640 e. The molecule has 0 saturated carbocycles. The molecule has 2 nitrogen and oxygen atoms in total. The van der Waals surface area contributed by atoms with Crippen LogP contribution in [0.25, 0.3) is 22.0 Å². The predicted octanol–water partition coefficient (Wildman–Crippen LogP) is 4.22. The van der Waals surface area contributed by atoms with Crippen molar-refractivity contribution in [2.75, 3.05) is 0 Å². The van der Waals surface area contributed by atoms with E-state index >= 15 is 0 Å². The van der Waals surface area contributed by atoms with Gasteiger partial charge in [0, 0.05) is 23.6 Å². The number of hydrogen-bond acceptors (Lipinski definition) is 1. The summed E-state index contributed by atoms with van der Waals surface area (Å²) in [5, 5.41) is 9.89. The molecule has 3 rings (SSSR count). The summed E-state index contributed by atoms with van der Waals surface area (Å²) in [7, 11) is 0. The second-order valence-corrected chi connectivity index (χ2v) is 4.56. The van der Waals surface area contributed by atoms with E-state index in [9.17, 15) is 0 Å². The van der Waals surface area contributed by atoms with Gasteiger partial charge in [-0.15, -0.1) is 0 Å². The number of rotatable bonds is 3. The Labute approximate surface area is 112 Å². The second-order valence-electron chi connectivity index (χ2n) is 4.56. The fourth-order valence-corrected chi connectivity index (χ4v) is 2.38. The molecule has 0 bridgehead atoms. The average molecular weight is 246 g/mol. The summed E-state index contributed by atoms with van der Waals surface area (Å²) in [5.41, 5.74) is 3.65. The van der Waals surface area contributed by atoms with Gasteiger partial charge in [-0.2, -0.15) is 5.26 Å². The lowest BCUT2D eigenvalue weighted by Gasteiger charge is -2.04. The highest BCUT2D eigenvalue weighted by Gasteiger charge is 2.03. The van der Waals surface area contributed by atoms with Gasteiger partial charge in [0.05, 0.1) is 12.5 Å². The van der Waals surface area contributed by atoms with E-state index in [0.29, 0.717) is 6.42 Å². The molecule has 0 aliphatic rings. The van der Waals surface area contributed by atoms with Gasteiger partial charge >= 0.3 is 0 Å². The molecule has 92 valence electrons. The van der Waals surface area contributed by atoms with E-state index in [4.69, 9.17) is 5.26 Å². The Morgan fingerprint density at radius 2 is 1.79 bits per heavy atom. The Balaban J connectivity index is 2.02. The van der Waals surface area contributed by atoms with Gasteiger partial charge in [-0.3, -0.25) is 0 Å². The molecule has 0 aliphatic carbocycles. The Morgan fingerprint density at radius 3 is 2.58 bits per heavy atom. The van der Waals surface area contributed by atoms with Crippen molar-refractivity contribution in [3.05, 3.63) is 60.8 Å². The van der Waals surface area contributed by atoms with E-state index in [1.807, 2.05) is 6.07 Å². The Hall–Kier alpha value is -2.53. The molecule has 0 N–H and O–H groups in total. The molecule has 1 heterocycles. The molecule has 0 unspecified atom stereocenters. The molecule has 1 aromatic heterocycles. The second kappa shape index (κ2) is 4.99. The lowest BCUT2D eigenvalue weighted by atomic mass is 10.0. The molecule has 0 amide bonds. The van der Waals surface area contributed by atoms with Crippen LogP contribution in [0, 0.1) is 11.3 Å². The van der Waals surface area contributed by atoms with Crippen molar-refractivity contribution in [1.82, 2.24) is 4.57 Å². The molecular weight excluding hydrogens is 232 g/mol. The maximum Gasteiger partial charge on any atom is 0.0640 e. The fourth-order valence-electron chi connectivity index (χ4n) is 2.38. The topological polar surface area (TPSA) is 28.7 Å². The zero-order valence-corrected chi connectivity index (χ0v) is 10.6. The number of aryl methyl sites for hydroxylation is 1. The van der Waals surface area contributed by atoms with Crippen LogP contribution in [0.4, 0.5) is 0 Å². The normalized spacial score (nSPS) is 10.5. The van der Waals surface area contributed by atoms with Gasteiger partial charge in [-0.05, 0) is 29.3 Å². The largest absolute Gasteiger partial charge is 0.346 e. The maximum atomic E-state index is 8.67. The van der Waals surface area contributed by atoms with Crippen LogP contribution in [0.15, 0.2) is 60.8 Å². The zero-order valence-electron chi connectivity index (χ0n) is 10.6. The van der Waals surface area contributed by atoms with Crippen LogP contribution in [0.3, 0.4) is 0 Å². The lowest BCUT2D eigenvalue weighted by Crippen LogP contribution is -1.94. The first kappa shape index (κ1) is 11.6.